The Morgan fingerprint density at radius 2 is 1.86 bits per heavy atom. The summed E-state index contributed by atoms with van der Waals surface area (Å²) in [5, 5.41) is 0. The molecule has 0 aliphatic heterocycles. The predicted molar refractivity (Wildman–Crippen MR) is 68.0 cm³/mol. The van der Waals surface area contributed by atoms with Crippen molar-refractivity contribution in [3.05, 3.63) is 53.1 Å². The molecule has 0 atom stereocenters. The van der Waals surface area contributed by atoms with E-state index in [2.05, 4.69) is 0 Å². The Morgan fingerprint density at radius 1 is 1.10 bits per heavy atom. The van der Waals surface area contributed by atoms with Crippen LogP contribution < -0.4 is 0 Å². The molecule has 1 aliphatic carbocycles. The van der Waals surface area contributed by atoms with Gasteiger partial charge in [0.25, 0.3) is 0 Å². The molecule has 1 aliphatic rings. The van der Waals surface area contributed by atoms with Gasteiger partial charge >= 0.3 is 6.18 Å². The highest BCUT2D eigenvalue weighted by Crippen LogP contribution is 2.33. The van der Waals surface area contributed by atoms with Crippen LogP contribution in [0, 0.1) is 5.82 Å². The van der Waals surface area contributed by atoms with E-state index in [1.807, 2.05) is 0 Å². The van der Waals surface area contributed by atoms with Gasteiger partial charge in [0, 0.05) is 23.9 Å². The number of aromatic nitrogens is 1. The highest BCUT2D eigenvalue weighted by atomic mass is 19.4. The summed E-state index contributed by atoms with van der Waals surface area (Å²) in [5.74, 6) is -0.804. The maximum Gasteiger partial charge on any atom is 0.416 e. The molecule has 0 spiro atoms. The van der Waals surface area contributed by atoms with Crippen LogP contribution in [0.4, 0.5) is 17.6 Å². The average Bonchev–Trinajstić information content (AvgIpc) is 2.83. The van der Waals surface area contributed by atoms with Gasteiger partial charge in [-0.1, -0.05) is 0 Å². The zero-order valence-corrected chi connectivity index (χ0v) is 10.9. The lowest BCUT2D eigenvalue weighted by molar-refractivity contribution is -0.137. The summed E-state index contributed by atoms with van der Waals surface area (Å²) in [4.78, 5) is 11.8. The molecule has 2 aromatic rings. The number of hydrogen-bond donors (Lipinski definition) is 0. The molecule has 1 aromatic heterocycles. The SMILES string of the molecule is O=C1CCCc2c1ccn2-c1cc(C(F)(F)F)ccc1F. The minimum atomic E-state index is -4.54. The Bertz CT molecular complexity index is 715. The summed E-state index contributed by atoms with van der Waals surface area (Å²) in [5.41, 5.74) is -0.0493. The third kappa shape index (κ3) is 2.34. The van der Waals surface area contributed by atoms with Crippen molar-refractivity contribution in [1.82, 2.24) is 4.57 Å². The molecule has 110 valence electrons. The van der Waals surface area contributed by atoms with Crippen LogP contribution in [0.3, 0.4) is 0 Å². The molecule has 3 rings (SSSR count). The lowest BCUT2D eigenvalue weighted by Gasteiger charge is -2.16. The number of carbonyl (C=O) groups is 1. The molecule has 0 fully saturated rings. The fraction of sp³-hybridized carbons (Fsp3) is 0.267. The van der Waals surface area contributed by atoms with Crippen molar-refractivity contribution >= 4 is 5.78 Å². The number of rotatable bonds is 1. The second-order valence-electron chi connectivity index (χ2n) is 4.99. The number of fused-ring (bicyclic) bond motifs is 1. The lowest BCUT2D eigenvalue weighted by Crippen LogP contribution is -2.13. The van der Waals surface area contributed by atoms with E-state index in [0.717, 1.165) is 12.1 Å². The van der Waals surface area contributed by atoms with E-state index < -0.39 is 17.6 Å². The number of hydrogen-bond acceptors (Lipinski definition) is 1. The van der Waals surface area contributed by atoms with Gasteiger partial charge < -0.3 is 4.57 Å². The molecule has 0 unspecified atom stereocenters. The van der Waals surface area contributed by atoms with E-state index in [0.29, 0.717) is 36.6 Å². The summed E-state index contributed by atoms with van der Waals surface area (Å²) >= 11 is 0. The molecule has 21 heavy (non-hydrogen) atoms. The minimum absolute atomic E-state index is 0.0533. The number of nitrogens with zero attached hydrogens (tertiary/aromatic N) is 1. The molecule has 0 bridgehead atoms. The molecule has 1 heterocycles. The highest BCUT2D eigenvalue weighted by molar-refractivity contribution is 5.98. The zero-order valence-electron chi connectivity index (χ0n) is 10.9. The molecule has 0 amide bonds. The van der Waals surface area contributed by atoms with Crippen LogP contribution in [0.15, 0.2) is 30.5 Å². The van der Waals surface area contributed by atoms with E-state index >= 15 is 0 Å². The summed E-state index contributed by atoms with van der Waals surface area (Å²) in [6.45, 7) is 0. The van der Waals surface area contributed by atoms with Crippen LogP contribution in [0.25, 0.3) is 5.69 Å². The molecule has 6 heteroatoms. The third-order valence-corrected chi connectivity index (χ3v) is 3.64. The van der Waals surface area contributed by atoms with Crippen molar-refractivity contribution in [3.8, 4) is 5.69 Å². The number of alkyl halides is 3. The van der Waals surface area contributed by atoms with Gasteiger partial charge in [0.1, 0.15) is 5.82 Å². The van der Waals surface area contributed by atoms with Gasteiger partial charge in [0.15, 0.2) is 5.78 Å². The second kappa shape index (κ2) is 4.72. The first-order valence-electron chi connectivity index (χ1n) is 6.48. The van der Waals surface area contributed by atoms with Crippen molar-refractivity contribution in [2.24, 2.45) is 0 Å². The Balaban J connectivity index is 2.15. The summed E-state index contributed by atoms with van der Waals surface area (Å²) in [6.07, 6.45) is -1.50. The van der Waals surface area contributed by atoms with Gasteiger partial charge in [-0.15, -0.1) is 0 Å². The van der Waals surface area contributed by atoms with Crippen molar-refractivity contribution in [2.45, 2.75) is 25.4 Å². The fourth-order valence-corrected chi connectivity index (χ4v) is 2.62. The Kier molecular flexibility index (Phi) is 3.11. The van der Waals surface area contributed by atoms with Gasteiger partial charge in [-0.2, -0.15) is 13.2 Å². The van der Waals surface area contributed by atoms with E-state index in [9.17, 15) is 22.4 Å². The van der Waals surface area contributed by atoms with Crippen LogP contribution >= 0.6 is 0 Å². The van der Waals surface area contributed by atoms with Gasteiger partial charge in [-0.3, -0.25) is 4.79 Å². The van der Waals surface area contributed by atoms with Gasteiger partial charge in [0.2, 0.25) is 0 Å². The first-order chi connectivity index (χ1) is 9.88. The van der Waals surface area contributed by atoms with E-state index in [4.69, 9.17) is 0 Å². The van der Waals surface area contributed by atoms with Crippen molar-refractivity contribution in [1.29, 1.82) is 0 Å². The maximum atomic E-state index is 13.9. The van der Waals surface area contributed by atoms with E-state index in [1.54, 1.807) is 0 Å². The average molecular weight is 297 g/mol. The normalized spacial score (nSPS) is 15.1. The van der Waals surface area contributed by atoms with E-state index in [1.165, 1.54) is 16.8 Å². The number of benzene rings is 1. The summed E-state index contributed by atoms with van der Waals surface area (Å²) < 4.78 is 53.5. The van der Waals surface area contributed by atoms with Crippen molar-refractivity contribution < 1.29 is 22.4 Å². The molecule has 2 nitrogen and oxygen atoms in total. The number of Topliss-reactive ketones (excluding diaryl/α,β-unsaturated/α-hetero) is 1. The number of carbonyl (C=O) groups excluding carboxylic acids is 1. The van der Waals surface area contributed by atoms with Gasteiger partial charge in [-0.25, -0.2) is 4.39 Å². The van der Waals surface area contributed by atoms with Crippen LogP contribution in [-0.2, 0) is 12.6 Å². The standard InChI is InChI=1S/C15H11F4NO/c16-11-5-4-9(15(17,18)19)8-13(11)20-7-6-10-12(20)2-1-3-14(10)21/h4-8H,1-3H2. The lowest BCUT2D eigenvalue weighted by atomic mass is 9.96. The summed E-state index contributed by atoms with van der Waals surface area (Å²) in [7, 11) is 0. The van der Waals surface area contributed by atoms with Crippen molar-refractivity contribution in [2.75, 3.05) is 0 Å². The first kappa shape index (κ1) is 13.9. The smallest absolute Gasteiger partial charge is 0.317 e. The van der Waals surface area contributed by atoms with Crippen LogP contribution in [0.1, 0.15) is 34.5 Å². The molecule has 0 saturated carbocycles. The summed E-state index contributed by atoms with van der Waals surface area (Å²) in [6, 6.07) is 3.82. The number of halogens is 4. The molecule has 1 aromatic carbocycles. The highest BCUT2D eigenvalue weighted by Gasteiger charge is 2.32. The Hall–Kier alpha value is -2.11. The Labute approximate surface area is 118 Å². The monoisotopic (exact) mass is 297 g/mol. The van der Waals surface area contributed by atoms with Crippen LogP contribution in [0.5, 0.6) is 0 Å². The third-order valence-electron chi connectivity index (χ3n) is 3.64. The molecule has 0 N–H and O–H groups in total. The Morgan fingerprint density at radius 3 is 2.57 bits per heavy atom. The second-order valence-corrected chi connectivity index (χ2v) is 4.99. The number of ketones is 1. The van der Waals surface area contributed by atoms with Gasteiger partial charge in [-0.05, 0) is 37.1 Å². The molecule has 0 saturated heterocycles. The molecular weight excluding hydrogens is 286 g/mol. The minimum Gasteiger partial charge on any atom is -0.317 e. The van der Waals surface area contributed by atoms with Crippen molar-refractivity contribution in [3.63, 3.8) is 0 Å². The largest absolute Gasteiger partial charge is 0.416 e. The van der Waals surface area contributed by atoms with E-state index in [-0.39, 0.29) is 11.5 Å². The predicted octanol–water partition coefficient (Wildman–Crippen LogP) is 4.15. The topological polar surface area (TPSA) is 22.0 Å². The quantitative estimate of drug-likeness (QED) is 0.725. The first-order valence-corrected chi connectivity index (χ1v) is 6.48. The molecular formula is C15H11F4NO. The maximum absolute atomic E-state index is 13.9. The van der Waals surface area contributed by atoms with Crippen LogP contribution in [0.2, 0.25) is 0 Å². The fourth-order valence-electron chi connectivity index (χ4n) is 2.62. The molecule has 0 radical (unpaired) electrons. The zero-order chi connectivity index (χ0) is 15.2. The van der Waals surface area contributed by atoms with Crippen LogP contribution in [-0.4, -0.2) is 10.4 Å². The van der Waals surface area contributed by atoms with Gasteiger partial charge in [0.05, 0.1) is 11.3 Å².